The van der Waals surface area contributed by atoms with Crippen LogP contribution in [-0.4, -0.2) is 21.8 Å². The summed E-state index contributed by atoms with van der Waals surface area (Å²) in [5.74, 6) is -1.61. The van der Waals surface area contributed by atoms with E-state index in [1.54, 1.807) is 54.7 Å². The molecule has 0 aliphatic heterocycles. The van der Waals surface area contributed by atoms with Gasteiger partial charge in [0.05, 0.1) is 11.9 Å². The topological polar surface area (TPSA) is 59.9 Å². The molecule has 27 heavy (non-hydrogen) atoms. The molecule has 0 fully saturated rings. The number of carbonyl (C=O) groups is 2. The van der Waals surface area contributed by atoms with Crippen molar-refractivity contribution < 1.29 is 9.59 Å². The first kappa shape index (κ1) is 16.8. The number of benzene rings is 3. The van der Waals surface area contributed by atoms with Gasteiger partial charge in [0.2, 0.25) is 0 Å². The first-order valence-electron chi connectivity index (χ1n) is 8.64. The zero-order valence-corrected chi connectivity index (χ0v) is 14.4. The molecule has 0 atom stereocenters. The zero-order valence-electron chi connectivity index (χ0n) is 14.4. The number of aromatic nitrogens is 2. The molecule has 130 valence electrons. The second-order valence-electron chi connectivity index (χ2n) is 6.21. The van der Waals surface area contributed by atoms with Gasteiger partial charge in [0, 0.05) is 21.9 Å². The minimum Gasteiger partial charge on any atom is -0.293 e. The van der Waals surface area contributed by atoms with E-state index in [1.807, 2.05) is 36.4 Å². The highest BCUT2D eigenvalue weighted by Crippen LogP contribution is 2.29. The Morgan fingerprint density at radius 1 is 0.667 bits per heavy atom. The minimum atomic E-state index is -1.05. The Bertz CT molecular complexity index is 1050. The molecule has 0 radical (unpaired) electrons. The van der Waals surface area contributed by atoms with E-state index in [-0.39, 0.29) is 11.6 Å². The molecule has 4 aromatic rings. The molecule has 0 spiro atoms. The summed E-state index contributed by atoms with van der Waals surface area (Å²) < 4.78 is 0. The molecule has 0 saturated heterocycles. The van der Waals surface area contributed by atoms with Crippen LogP contribution in [0.3, 0.4) is 0 Å². The fourth-order valence-corrected chi connectivity index (χ4v) is 3.17. The first-order chi connectivity index (χ1) is 13.3. The number of fused-ring (bicyclic) bond motifs is 1. The fraction of sp³-hybridized carbons (Fsp3) is 0.0435. The third-order valence-corrected chi connectivity index (χ3v) is 4.51. The van der Waals surface area contributed by atoms with Crippen LogP contribution in [0.25, 0.3) is 10.8 Å². The average Bonchev–Trinajstić information content (AvgIpc) is 2.75. The molecule has 4 rings (SSSR count). The average molecular weight is 352 g/mol. The molecule has 0 N–H and O–H groups in total. The van der Waals surface area contributed by atoms with E-state index >= 15 is 0 Å². The van der Waals surface area contributed by atoms with Crippen molar-refractivity contribution >= 4 is 22.3 Å². The molecule has 0 aliphatic carbocycles. The third-order valence-electron chi connectivity index (χ3n) is 4.51. The molecule has 0 unspecified atom stereocenters. The van der Waals surface area contributed by atoms with Crippen molar-refractivity contribution in [2.45, 2.75) is 5.92 Å². The number of hydrogen-bond acceptors (Lipinski definition) is 4. The Labute approximate surface area is 156 Å². The number of Topliss-reactive ketones (excluding diaryl/α,β-unsaturated/α-hetero) is 2. The summed E-state index contributed by atoms with van der Waals surface area (Å²) in [5.41, 5.74) is 1.33. The Hall–Kier alpha value is -3.66. The van der Waals surface area contributed by atoms with Crippen LogP contribution >= 0.6 is 0 Å². The van der Waals surface area contributed by atoms with Crippen LogP contribution in [0.5, 0.6) is 0 Å². The lowest BCUT2D eigenvalue weighted by molar-refractivity contribution is 0.0858. The maximum atomic E-state index is 13.3. The third kappa shape index (κ3) is 3.25. The van der Waals surface area contributed by atoms with Gasteiger partial charge in [0.1, 0.15) is 5.92 Å². The second-order valence-corrected chi connectivity index (χ2v) is 6.21. The van der Waals surface area contributed by atoms with Gasteiger partial charge in [-0.15, -0.1) is 0 Å². The first-order valence-corrected chi connectivity index (χ1v) is 8.64. The highest BCUT2D eigenvalue weighted by atomic mass is 16.2. The van der Waals surface area contributed by atoms with Crippen molar-refractivity contribution in [3.63, 3.8) is 0 Å². The van der Waals surface area contributed by atoms with Crippen LogP contribution in [0.15, 0.2) is 91.1 Å². The van der Waals surface area contributed by atoms with E-state index in [0.717, 1.165) is 10.8 Å². The second kappa shape index (κ2) is 7.30. The summed E-state index contributed by atoms with van der Waals surface area (Å²) >= 11 is 0. The van der Waals surface area contributed by atoms with Crippen LogP contribution in [0.2, 0.25) is 0 Å². The summed E-state index contributed by atoms with van der Waals surface area (Å²) in [4.78, 5) is 26.6. The smallest absolute Gasteiger partial charge is 0.179 e. The lowest BCUT2D eigenvalue weighted by atomic mass is 9.85. The van der Waals surface area contributed by atoms with E-state index in [4.69, 9.17) is 0 Å². The Balaban J connectivity index is 1.90. The van der Waals surface area contributed by atoms with Crippen LogP contribution in [0, 0.1) is 0 Å². The standard InChI is InChI=1S/C23H16N2O2/c26-22(16-9-3-1-4-10-16)20(23(27)17-11-5-2-6-12-17)21-19-14-8-7-13-18(19)15-24-25-21/h1-15,20H. The highest BCUT2D eigenvalue weighted by Gasteiger charge is 2.33. The van der Waals surface area contributed by atoms with Crippen molar-refractivity contribution in [2.75, 3.05) is 0 Å². The highest BCUT2D eigenvalue weighted by molar-refractivity contribution is 6.21. The van der Waals surface area contributed by atoms with E-state index in [9.17, 15) is 9.59 Å². The minimum absolute atomic E-state index is 0.282. The Morgan fingerprint density at radius 2 is 1.19 bits per heavy atom. The molecule has 4 nitrogen and oxygen atoms in total. The predicted molar refractivity (Wildman–Crippen MR) is 104 cm³/mol. The van der Waals surface area contributed by atoms with Crippen molar-refractivity contribution in [3.8, 4) is 0 Å². The Kier molecular flexibility index (Phi) is 4.54. The van der Waals surface area contributed by atoms with Gasteiger partial charge >= 0.3 is 0 Å². The van der Waals surface area contributed by atoms with Gasteiger partial charge in [-0.25, -0.2) is 0 Å². The molecule has 0 bridgehead atoms. The van der Waals surface area contributed by atoms with Crippen molar-refractivity contribution in [1.29, 1.82) is 0 Å². The van der Waals surface area contributed by atoms with Gasteiger partial charge in [-0.2, -0.15) is 10.2 Å². The van der Waals surface area contributed by atoms with E-state index in [2.05, 4.69) is 10.2 Å². The number of hydrogen-bond donors (Lipinski definition) is 0. The quantitative estimate of drug-likeness (QED) is 0.392. The van der Waals surface area contributed by atoms with Gasteiger partial charge in [0.25, 0.3) is 0 Å². The van der Waals surface area contributed by atoms with E-state index < -0.39 is 5.92 Å². The largest absolute Gasteiger partial charge is 0.293 e. The van der Waals surface area contributed by atoms with Gasteiger partial charge in [-0.1, -0.05) is 84.9 Å². The van der Waals surface area contributed by atoms with Gasteiger partial charge in [-0.05, 0) is 0 Å². The van der Waals surface area contributed by atoms with Crippen LogP contribution in [-0.2, 0) is 0 Å². The van der Waals surface area contributed by atoms with Crippen molar-refractivity contribution in [3.05, 3.63) is 108 Å². The molecule has 1 aromatic heterocycles. The number of rotatable bonds is 5. The van der Waals surface area contributed by atoms with Gasteiger partial charge < -0.3 is 0 Å². The molecular weight excluding hydrogens is 336 g/mol. The summed E-state index contributed by atoms with van der Waals surface area (Å²) in [6, 6.07) is 25.2. The maximum absolute atomic E-state index is 13.3. The van der Waals surface area contributed by atoms with E-state index in [1.165, 1.54) is 0 Å². The number of nitrogens with zero attached hydrogens (tertiary/aromatic N) is 2. The summed E-state index contributed by atoms with van der Waals surface area (Å²) in [5, 5.41) is 9.84. The zero-order chi connectivity index (χ0) is 18.6. The summed E-state index contributed by atoms with van der Waals surface area (Å²) in [6.45, 7) is 0. The monoisotopic (exact) mass is 352 g/mol. The maximum Gasteiger partial charge on any atom is 0.179 e. The predicted octanol–water partition coefficient (Wildman–Crippen LogP) is 4.48. The summed E-state index contributed by atoms with van der Waals surface area (Å²) in [6.07, 6.45) is 1.63. The van der Waals surface area contributed by atoms with Crippen LogP contribution in [0.4, 0.5) is 0 Å². The number of ketones is 2. The van der Waals surface area contributed by atoms with Gasteiger partial charge in [-0.3, -0.25) is 9.59 Å². The fourth-order valence-electron chi connectivity index (χ4n) is 3.17. The lowest BCUT2D eigenvalue weighted by Crippen LogP contribution is -2.24. The Morgan fingerprint density at radius 3 is 1.78 bits per heavy atom. The molecule has 4 heteroatoms. The molecular formula is C23H16N2O2. The SMILES string of the molecule is O=C(c1ccccc1)C(C(=O)c1ccccc1)c1nncc2ccccc12. The molecule has 0 aliphatic rings. The lowest BCUT2D eigenvalue weighted by Gasteiger charge is -2.16. The van der Waals surface area contributed by atoms with Gasteiger partial charge in [0.15, 0.2) is 11.6 Å². The normalized spacial score (nSPS) is 10.9. The number of carbonyl (C=O) groups excluding carboxylic acids is 2. The van der Waals surface area contributed by atoms with Crippen LogP contribution in [0.1, 0.15) is 32.3 Å². The molecule has 1 heterocycles. The summed E-state index contributed by atoms with van der Waals surface area (Å²) in [7, 11) is 0. The van der Waals surface area contributed by atoms with E-state index in [0.29, 0.717) is 16.8 Å². The van der Waals surface area contributed by atoms with Crippen molar-refractivity contribution in [2.24, 2.45) is 0 Å². The molecule has 3 aromatic carbocycles. The van der Waals surface area contributed by atoms with Crippen molar-refractivity contribution in [1.82, 2.24) is 10.2 Å². The molecule has 0 saturated carbocycles. The molecule has 0 amide bonds. The van der Waals surface area contributed by atoms with Crippen LogP contribution < -0.4 is 0 Å².